The Morgan fingerprint density at radius 1 is 1.47 bits per heavy atom. The molecule has 1 heterocycles. The topological polar surface area (TPSA) is 47.0 Å². The Balaban J connectivity index is 2.77. The van der Waals surface area contributed by atoms with Gasteiger partial charge in [-0.05, 0) is 31.9 Å². The Morgan fingerprint density at radius 3 is 2.82 bits per heavy atom. The summed E-state index contributed by atoms with van der Waals surface area (Å²) in [6.45, 7) is 7.98. The van der Waals surface area contributed by atoms with Crippen LogP contribution in [0, 0.1) is 12.8 Å². The van der Waals surface area contributed by atoms with E-state index >= 15 is 0 Å². The maximum absolute atomic E-state index is 5.14. The molecule has 0 saturated heterocycles. The van der Waals surface area contributed by atoms with Crippen LogP contribution >= 0.6 is 0 Å². The molecule has 0 saturated carbocycles. The van der Waals surface area contributed by atoms with Gasteiger partial charge in [-0.1, -0.05) is 13.8 Å². The largest absolute Gasteiger partial charge is 0.385 e. The normalized spacial score (nSPS) is 14.6. The van der Waals surface area contributed by atoms with Crippen molar-refractivity contribution in [1.29, 1.82) is 0 Å². The molecule has 17 heavy (non-hydrogen) atoms. The highest BCUT2D eigenvalue weighted by Gasteiger charge is 2.19. The maximum Gasteiger partial charge on any atom is 0.125 e. The van der Waals surface area contributed by atoms with Crippen LogP contribution < -0.4 is 5.32 Å². The van der Waals surface area contributed by atoms with Crippen LogP contribution in [0.1, 0.15) is 37.8 Å². The Hall–Kier alpha value is -1.00. The van der Waals surface area contributed by atoms with E-state index in [1.807, 2.05) is 19.2 Å². The van der Waals surface area contributed by atoms with Crippen LogP contribution in [0.15, 0.2) is 12.3 Å². The lowest BCUT2D eigenvalue weighted by molar-refractivity contribution is 0.170. The van der Waals surface area contributed by atoms with Crippen LogP contribution in [0.2, 0.25) is 0 Å². The zero-order valence-electron chi connectivity index (χ0n) is 11.2. The van der Waals surface area contributed by atoms with Gasteiger partial charge in [-0.25, -0.2) is 9.97 Å². The number of aromatic nitrogens is 2. The predicted molar refractivity (Wildman–Crippen MR) is 68.8 cm³/mol. The van der Waals surface area contributed by atoms with Gasteiger partial charge in [0.1, 0.15) is 5.82 Å². The third kappa shape index (κ3) is 4.40. The maximum atomic E-state index is 5.14. The Kier molecular flexibility index (Phi) is 6.08. The number of rotatable bonds is 7. The molecule has 4 heteroatoms. The molecule has 0 fully saturated rings. The average molecular weight is 237 g/mol. The predicted octanol–water partition coefficient (Wildman–Crippen LogP) is 2.11. The Labute approximate surface area is 104 Å². The van der Waals surface area contributed by atoms with Gasteiger partial charge in [0.05, 0.1) is 11.7 Å². The van der Waals surface area contributed by atoms with E-state index < -0.39 is 0 Å². The highest BCUT2D eigenvalue weighted by Crippen LogP contribution is 2.22. The fourth-order valence-corrected chi connectivity index (χ4v) is 1.94. The van der Waals surface area contributed by atoms with Crippen molar-refractivity contribution in [3.8, 4) is 0 Å². The molecule has 2 unspecified atom stereocenters. The first-order chi connectivity index (χ1) is 8.19. The number of hydrogen-bond donors (Lipinski definition) is 1. The summed E-state index contributed by atoms with van der Waals surface area (Å²) in [6.07, 6.45) is 2.85. The van der Waals surface area contributed by atoms with E-state index in [0.717, 1.165) is 31.1 Å². The van der Waals surface area contributed by atoms with Gasteiger partial charge in [-0.2, -0.15) is 0 Å². The lowest BCUT2D eigenvalue weighted by atomic mass is 9.95. The minimum atomic E-state index is 0.275. The number of methoxy groups -OCH3 is 1. The molecule has 1 aromatic heterocycles. The fourth-order valence-electron chi connectivity index (χ4n) is 1.94. The quantitative estimate of drug-likeness (QED) is 0.789. The van der Waals surface area contributed by atoms with Crippen LogP contribution in [-0.2, 0) is 4.74 Å². The van der Waals surface area contributed by atoms with Crippen molar-refractivity contribution in [2.75, 3.05) is 20.3 Å². The van der Waals surface area contributed by atoms with Crippen molar-refractivity contribution in [1.82, 2.24) is 15.3 Å². The molecular formula is C13H23N3O. The van der Waals surface area contributed by atoms with Gasteiger partial charge in [0, 0.05) is 19.9 Å². The van der Waals surface area contributed by atoms with E-state index in [0.29, 0.717) is 5.92 Å². The molecule has 96 valence electrons. The van der Waals surface area contributed by atoms with Gasteiger partial charge >= 0.3 is 0 Å². The molecule has 1 N–H and O–H groups in total. The van der Waals surface area contributed by atoms with Gasteiger partial charge in [0.25, 0.3) is 0 Å². The molecule has 1 aromatic rings. The van der Waals surface area contributed by atoms with E-state index in [2.05, 4.69) is 29.1 Å². The standard InChI is InChI=1S/C13H23N3O/c1-5-14-13(10(2)7-9-17-4)12-6-8-15-11(3)16-12/h6,8,10,13-14H,5,7,9H2,1-4H3. The SMILES string of the molecule is CCNC(c1ccnc(C)n1)C(C)CCOC. The lowest BCUT2D eigenvalue weighted by Gasteiger charge is -2.24. The van der Waals surface area contributed by atoms with Crippen molar-refractivity contribution in [2.45, 2.75) is 33.2 Å². The van der Waals surface area contributed by atoms with Crippen LogP contribution in [-0.4, -0.2) is 30.2 Å². The van der Waals surface area contributed by atoms with Gasteiger partial charge in [-0.3, -0.25) is 0 Å². The third-order valence-electron chi connectivity index (χ3n) is 2.89. The van der Waals surface area contributed by atoms with E-state index in [9.17, 15) is 0 Å². The molecule has 0 radical (unpaired) electrons. The Bertz CT molecular complexity index is 330. The third-order valence-corrected chi connectivity index (χ3v) is 2.89. The number of hydrogen-bond acceptors (Lipinski definition) is 4. The number of aryl methyl sites for hydroxylation is 1. The molecule has 0 aliphatic heterocycles. The molecule has 4 nitrogen and oxygen atoms in total. The number of ether oxygens (including phenoxy) is 1. The summed E-state index contributed by atoms with van der Waals surface area (Å²) in [5.74, 6) is 1.31. The summed E-state index contributed by atoms with van der Waals surface area (Å²) in [6, 6.07) is 2.26. The summed E-state index contributed by atoms with van der Waals surface area (Å²) < 4.78 is 5.14. The monoisotopic (exact) mass is 237 g/mol. The van der Waals surface area contributed by atoms with Crippen LogP contribution in [0.3, 0.4) is 0 Å². The minimum absolute atomic E-state index is 0.275. The molecule has 0 amide bonds. The van der Waals surface area contributed by atoms with Gasteiger partial charge in [-0.15, -0.1) is 0 Å². The highest BCUT2D eigenvalue weighted by atomic mass is 16.5. The van der Waals surface area contributed by atoms with E-state index in [4.69, 9.17) is 4.74 Å². The van der Waals surface area contributed by atoms with Gasteiger partial charge in [0.2, 0.25) is 0 Å². The van der Waals surface area contributed by atoms with E-state index in [-0.39, 0.29) is 6.04 Å². The van der Waals surface area contributed by atoms with Crippen LogP contribution in [0.5, 0.6) is 0 Å². The number of nitrogens with zero attached hydrogens (tertiary/aromatic N) is 2. The molecule has 0 aromatic carbocycles. The van der Waals surface area contributed by atoms with Crippen LogP contribution in [0.25, 0.3) is 0 Å². The molecular weight excluding hydrogens is 214 g/mol. The number of nitrogens with one attached hydrogen (secondary N) is 1. The summed E-state index contributed by atoms with van der Waals surface area (Å²) in [5, 5.41) is 3.49. The summed E-state index contributed by atoms with van der Waals surface area (Å²) in [5.41, 5.74) is 1.07. The summed E-state index contributed by atoms with van der Waals surface area (Å²) in [7, 11) is 1.74. The lowest BCUT2D eigenvalue weighted by Crippen LogP contribution is -2.28. The Morgan fingerprint density at radius 2 is 2.24 bits per heavy atom. The van der Waals surface area contributed by atoms with Crippen molar-refractivity contribution in [2.24, 2.45) is 5.92 Å². The van der Waals surface area contributed by atoms with E-state index in [1.165, 1.54) is 0 Å². The zero-order chi connectivity index (χ0) is 12.7. The van der Waals surface area contributed by atoms with Gasteiger partial charge < -0.3 is 10.1 Å². The highest BCUT2D eigenvalue weighted by molar-refractivity contribution is 5.08. The molecule has 0 aliphatic carbocycles. The molecule has 0 aliphatic rings. The van der Waals surface area contributed by atoms with E-state index in [1.54, 1.807) is 7.11 Å². The van der Waals surface area contributed by atoms with Crippen molar-refractivity contribution in [3.63, 3.8) is 0 Å². The van der Waals surface area contributed by atoms with Crippen molar-refractivity contribution < 1.29 is 4.74 Å². The first-order valence-corrected chi connectivity index (χ1v) is 6.20. The second-order valence-corrected chi connectivity index (χ2v) is 4.32. The second-order valence-electron chi connectivity index (χ2n) is 4.32. The zero-order valence-corrected chi connectivity index (χ0v) is 11.2. The molecule has 0 bridgehead atoms. The first kappa shape index (κ1) is 14.1. The molecule has 0 spiro atoms. The summed E-state index contributed by atoms with van der Waals surface area (Å²) in [4.78, 5) is 8.65. The molecule has 1 rings (SSSR count). The molecule has 2 atom stereocenters. The fraction of sp³-hybridized carbons (Fsp3) is 0.692. The first-order valence-electron chi connectivity index (χ1n) is 6.20. The smallest absolute Gasteiger partial charge is 0.125 e. The minimum Gasteiger partial charge on any atom is -0.385 e. The van der Waals surface area contributed by atoms with Crippen molar-refractivity contribution in [3.05, 3.63) is 23.8 Å². The second kappa shape index (κ2) is 7.35. The van der Waals surface area contributed by atoms with Crippen molar-refractivity contribution >= 4 is 0 Å². The van der Waals surface area contributed by atoms with Gasteiger partial charge in [0.15, 0.2) is 0 Å². The average Bonchev–Trinajstić information content (AvgIpc) is 2.33. The summed E-state index contributed by atoms with van der Waals surface area (Å²) >= 11 is 0. The van der Waals surface area contributed by atoms with Crippen LogP contribution in [0.4, 0.5) is 0 Å².